The molecule has 2 N–H and O–H groups in total. The zero-order chi connectivity index (χ0) is 21.5. The first kappa shape index (κ1) is 19.7. The number of halogens is 4. The molecule has 0 saturated heterocycles. The van der Waals surface area contributed by atoms with E-state index in [4.69, 9.17) is 0 Å². The summed E-state index contributed by atoms with van der Waals surface area (Å²) in [7, 11) is 0. The van der Waals surface area contributed by atoms with Crippen molar-refractivity contribution in [3.05, 3.63) is 58.7 Å². The maximum atomic E-state index is 14.9. The number of hydrogen-bond donors (Lipinski definition) is 2. The van der Waals surface area contributed by atoms with Crippen LogP contribution in [0.15, 0.2) is 30.6 Å². The molecule has 1 aliphatic heterocycles. The summed E-state index contributed by atoms with van der Waals surface area (Å²) in [4.78, 5) is 15.9. The molecule has 30 heavy (non-hydrogen) atoms. The Bertz CT molecular complexity index is 1140. The van der Waals surface area contributed by atoms with Crippen molar-refractivity contribution in [1.82, 2.24) is 10.3 Å². The van der Waals surface area contributed by atoms with Crippen LogP contribution in [0.1, 0.15) is 35.1 Å². The van der Waals surface area contributed by atoms with Gasteiger partial charge in [0.2, 0.25) is 5.54 Å². The Balaban J connectivity index is 1.83. The topological polar surface area (TPSA) is 77.8 Å². The molecule has 4 rings (SSSR count). The third-order valence-corrected chi connectivity index (χ3v) is 5.02. The van der Waals surface area contributed by atoms with Gasteiger partial charge in [-0.15, -0.1) is 0 Å². The highest BCUT2D eigenvalue weighted by Crippen LogP contribution is 2.45. The predicted molar refractivity (Wildman–Crippen MR) is 98.5 cm³/mol. The number of benzene rings is 1. The fourth-order valence-corrected chi connectivity index (χ4v) is 3.27. The summed E-state index contributed by atoms with van der Waals surface area (Å²) in [5.74, 6) is 3.67. The molecule has 5 nitrogen and oxygen atoms in total. The number of amides is 2. The largest absolute Gasteiger partial charge is 0.427 e. The molecule has 2 aliphatic rings. The molecule has 1 saturated carbocycles. The molecular formula is C21H14F4N4O. The van der Waals surface area contributed by atoms with Gasteiger partial charge in [0.25, 0.3) is 0 Å². The van der Waals surface area contributed by atoms with Crippen LogP contribution in [0.2, 0.25) is 0 Å². The van der Waals surface area contributed by atoms with Gasteiger partial charge in [-0.2, -0.15) is 18.4 Å². The zero-order valence-corrected chi connectivity index (χ0v) is 15.4. The SMILES string of the molecule is N#Cc1cnccc1Cc1cc2c(cc1F)[C@@](C#CC1CC1)(C(F)(F)F)NC(=O)N2. The van der Waals surface area contributed by atoms with Gasteiger partial charge < -0.3 is 10.6 Å². The van der Waals surface area contributed by atoms with E-state index in [1.54, 1.807) is 0 Å². The van der Waals surface area contributed by atoms with Gasteiger partial charge in [0, 0.05) is 36.0 Å². The monoisotopic (exact) mass is 414 g/mol. The van der Waals surface area contributed by atoms with Crippen LogP contribution in [-0.4, -0.2) is 17.2 Å². The lowest BCUT2D eigenvalue weighted by atomic mass is 9.85. The van der Waals surface area contributed by atoms with E-state index in [0.29, 0.717) is 18.4 Å². The number of carbonyl (C=O) groups excluding carboxylic acids is 1. The van der Waals surface area contributed by atoms with E-state index in [9.17, 15) is 27.6 Å². The number of rotatable bonds is 2. The Kier molecular flexibility index (Phi) is 4.62. The number of hydrogen-bond acceptors (Lipinski definition) is 3. The lowest BCUT2D eigenvalue weighted by molar-refractivity contribution is -0.178. The van der Waals surface area contributed by atoms with Crippen LogP contribution in [0.25, 0.3) is 0 Å². The third kappa shape index (κ3) is 3.43. The summed E-state index contributed by atoms with van der Waals surface area (Å²) in [5.41, 5.74) is -2.96. The van der Waals surface area contributed by atoms with E-state index in [1.165, 1.54) is 18.5 Å². The number of nitriles is 1. The van der Waals surface area contributed by atoms with Crippen molar-refractivity contribution in [3.8, 4) is 17.9 Å². The fourth-order valence-electron chi connectivity index (χ4n) is 3.27. The zero-order valence-electron chi connectivity index (χ0n) is 15.4. The van der Waals surface area contributed by atoms with Gasteiger partial charge >= 0.3 is 12.2 Å². The summed E-state index contributed by atoms with van der Waals surface area (Å²) in [6.07, 6.45) is -0.879. The van der Waals surface area contributed by atoms with Crippen LogP contribution in [-0.2, 0) is 12.0 Å². The lowest BCUT2D eigenvalue weighted by Gasteiger charge is -2.37. The van der Waals surface area contributed by atoms with Crippen molar-refractivity contribution in [2.45, 2.75) is 31.0 Å². The molecular weight excluding hydrogens is 400 g/mol. The molecule has 0 unspecified atom stereocenters. The maximum absolute atomic E-state index is 14.9. The highest BCUT2D eigenvalue weighted by atomic mass is 19.4. The van der Waals surface area contributed by atoms with Crippen LogP contribution >= 0.6 is 0 Å². The first-order chi connectivity index (χ1) is 14.2. The minimum Gasteiger partial charge on any atom is -0.310 e. The summed E-state index contributed by atoms with van der Waals surface area (Å²) in [6, 6.07) is 4.29. The quantitative estimate of drug-likeness (QED) is 0.576. The Labute approximate surface area is 169 Å². The number of anilines is 1. The average molecular weight is 414 g/mol. The van der Waals surface area contributed by atoms with Crippen LogP contribution in [0, 0.1) is 34.9 Å². The number of fused-ring (bicyclic) bond motifs is 1. The van der Waals surface area contributed by atoms with E-state index in [2.05, 4.69) is 22.1 Å². The number of pyridine rings is 1. The highest BCUT2D eigenvalue weighted by Gasteiger charge is 2.59. The minimum absolute atomic E-state index is 0.0323. The molecule has 9 heteroatoms. The van der Waals surface area contributed by atoms with E-state index in [0.717, 1.165) is 12.1 Å². The summed E-state index contributed by atoms with van der Waals surface area (Å²) < 4.78 is 57.1. The molecule has 152 valence electrons. The Morgan fingerprint density at radius 2 is 2.03 bits per heavy atom. The normalized spacial score (nSPS) is 20.2. The average Bonchev–Trinajstić information content (AvgIpc) is 3.51. The van der Waals surface area contributed by atoms with Crippen LogP contribution in [0.3, 0.4) is 0 Å². The van der Waals surface area contributed by atoms with Crippen LogP contribution in [0.5, 0.6) is 0 Å². The molecule has 1 fully saturated rings. The van der Waals surface area contributed by atoms with Crippen molar-refractivity contribution >= 4 is 11.7 Å². The first-order valence-electron chi connectivity index (χ1n) is 9.08. The van der Waals surface area contributed by atoms with E-state index in [1.807, 2.05) is 11.4 Å². The van der Waals surface area contributed by atoms with Gasteiger partial charge in [-0.3, -0.25) is 4.98 Å². The molecule has 1 aromatic carbocycles. The van der Waals surface area contributed by atoms with E-state index < -0.39 is 29.1 Å². The van der Waals surface area contributed by atoms with Gasteiger partial charge in [-0.25, -0.2) is 9.18 Å². The second-order valence-electron chi connectivity index (χ2n) is 7.18. The molecule has 2 aromatic rings. The second-order valence-corrected chi connectivity index (χ2v) is 7.18. The number of nitrogens with zero attached hydrogens (tertiary/aromatic N) is 2. The van der Waals surface area contributed by atoms with E-state index >= 15 is 0 Å². The van der Waals surface area contributed by atoms with Gasteiger partial charge in [-0.1, -0.05) is 11.8 Å². The number of aromatic nitrogens is 1. The molecule has 2 heterocycles. The molecule has 0 bridgehead atoms. The minimum atomic E-state index is -4.96. The fraction of sp³-hybridized carbons (Fsp3) is 0.286. The van der Waals surface area contributed by atoms with Crippen molar-refractivity contribution in [1.29, 1.82) is 5.26 Å². The van der Waals surface area contributed by atoms with Crippen molar-refractivity contribution in [3.63, 3.8) is 0 Å². The molecule has 1 aromatic heterocycles. The summed E-state index contributed by atoms with van der Waals surface area (Å²) >= 11 is 0. The van der Waals surface area contributed by atoms with Gasteiger partial charge in [0.05, 0.1) is 5.56 Å². The Morgan fingerprint density at radius 3 is 2.70 bits per heavy atom. The Morgan fingerprint density at radius 1 is 1.27 bits per heavy atom. The van der Waals surface area contributed by atoms with E-state index in [-0.39, 0.29) is 29.2 Å². The van der Waals surface area contributed by atoms with Gasteiger partial charge in [0.15, 0.2) is 0 Å². The Hall–Kier alpha value is -3.59. The number of nitrogens with one attached hydrogen (secondary N) is 2. The number of carbonyl (C=O) groups is 1. The number of alkyl halides is 3. The number of urea groups is 1. The maximum Gasteiger partial charge on any atom is 0.427 e. The molecule has 0 radical (unpaired) electrons. The van der Waals surface area contributed by atoms with Crippen molar-refractivity contribution in [2.75, 3.05) is 5.32 Å². The van der Waals surface area contributed by atoms with Crippen molar-refractivity contribution in [2.24, 2.45) is 5.92 Å². The first-order valence-corrected chi connectivity index (χ1v) is 9.08. The predicted octanol–water partition coefficient (Wildman–Crippen LogP) is 3.99. The standard InChI is InChI=1S/C21H14F4N4O/c22-17-9-16-18(8-14(17)7-13-4-6-27-11-15(13)10-26)28-19(30)29-20(16,21(23,24)25)5-3-12-1-2-12/h4,6,8-9,11-12H,1-2,7H2,(H2,28,29,30)/t20-/m0/s1. The smallest absolute Gasteiger partial charge is 0.310 e. The van der Waals surface area contributed by atoms with Crippen molar-refractivity contribution < 1.29 is 22.4 Å². The molecule has 0 spiro atoms. The van der Waals surface area contributed by atoms with Gasteiger partial charge in [0.1, 0.15) is 11.9 Å². The highest BCUT2D eigenvalue weighted by molar-refractivity contribution is 5.95. The van der Waals surface area contributed by atoms with Gasteiger partial charge in [-0.05, 0) is 42.2 Å². The molecule has 1 aliphatic carbocycles. The lowest BCUT2D eigenvalue weighted by Crippen LogP contribution is -2.59. The van der Waals surface area contributed by atoms with Crippen LogP contribution in [0.4, 0.5) is 28.0 Å². The summed E-state index contributed by atoms with van der Waals surface area (Å²) in [5, 5.41) is 13.3. The second kappa shape index (κ2) is 7.03. The van der Waals surface area contributed by atoms with Crippen LogP contribution < -0.4 is 10.6 Å². The third-order valence-electron chi connectivity index (χ3n) is 5.02. The molecule has 1 atom stereocenters. The molecule has 2 amide bonds. The summed E-state index contributed by atoms with van der Waals surface area (Å²) in [6.45, 7) is 0.